The van der Waals surface area contributed by atoms with Crippen LogP contribution in [0.4, 0.5) is 0 Å². The Hall–Kier alpha value is -1.64. The van der Waals surface area contributed by atoms with Crippen LogP contribution < -0.4 is 5.73 Å². The van der Waals surface area contributed by atoms with E-state index >= 15 is 0 Å². The van der Waals surface area contributed by atoms with Crippen molar-refractivity contribution in [2.24, 2.45) is 5.73 Å². The molecule has 0 saturated carbocycles. The van der Waals surface area contributed by atoms with Gasteiger partial charge >= 0.3 is 0 Å². The maximum atomic E-state index is 10.5. The van der Waals surface area contributed by atoms with Crippen LogP contribution in [0.5, 0.6) is 0 Å². The van der Waals surface area contributed by atoms with E-state index < -0.39 is 6.10 Å². The maximum Gasteiger partial charge on any atom is 0.0624 e. The number of rotatable bonds is 6. The molecule has 0 saturated heterocycles. The van der Waals surface area contributed by atoms with Gasteiger partial charge in [0, 0.05) is 12.5 Å². The summed E-state index contributed by atoms with van der Waals surface area (Å²) in [5, 5.41) is 10.5. The molecule has 2 heteroatoms. The largest absolute Gasteiger partial charge is 0.392 e. The molecule has 2 aromatic carbocycles. The lowest BCUT2D eigenvalue weighted by Crippen LogP contribution is -2.27. The summed E-state index contributed by atoms with van der Waals surface area (Å²) in [5.41, 5.74) is 9.50. The first-order valence-electron chi connectivity index (χ1n) is 7.20. The van der Waals surface area contributed by atoms with Crippen LogP contribution in [-0.2, 0) is 6.42 Å². The quantitative estimate of drug-likeness (QED) is 0.846. The first kappa shape index (κ1) is 14.8. The van der Waals surface area contributed by atoms with Crippen molar-refractivity contribution in [1.29, 1.82) is 0 Å². The van der Waals surface area contributed by atoms with Crippen molar-refractivity contribution in [2.45, 2.75) is 31.8 Å². The number of hydrogen-bond donors (Lipinski definition) is 2. The second-order valence-electron chi connectivity index (χ2n) is 5.29. The van der Waals surface area contributed by atoms with Gasteiger partial charge in [0.2, 0.25) is 0 Å². The summed E-state index contributed by atoms with van der Waals surface area (Å²) in [7, 11) is 0. The molecule has 0 aliphatic rings. The van der Waals surface area contributed by atoms with Crippen molar-refractivity contribution >= 4 is 0 Å². The summed E-state index contributed by atoms with van der Waals surface area (Å²) in [6, 6.07) is 18.4. The van der Waals surface area contributed by atoms with E-state index in [1.54, 1.807) is 0 Å². The average Bonchev–Trinajstić information content (AvgIpc) is 2.49. The summed E-state index contributed by atoms with van der Waals surface area (Å²) in [5.74, 6) is 0.0138. The normalized spacial score (nSPS) is 13.9. The molecule has 0 heterocycles. The molecule has 0 radical (unpaired) electrons. The van der Waals surface area contributed by atoms with E-state index in [4.69, 9.17) is 5.73 Å². The third-order valence-electron chi connectivity index (χ3n) is 3.88. The standard InChI is InChI=1S/C18H23NO/c1-14-7-5-6-10-16(14)17(13-19)18(20)12-11-15-8-3-2-4-9-15/h2-10,17-18,20H,11-13,19H2,1H3. The lowest BCUT2D eigenvalue weighted by molar-refractivity contribution is 0.136. The number of aliphatic hydroxyl groups is 1. The van der Waals surface area contributed by atoms with E-state index in [2.05, 4.69) is 31.2 Å². The van der Waals surface area contributed by atoms with Crippen LogP contribution in [-0.4, -0.2) is 17.8 Å². The van der Waals surface area contributed by atoms with E-state index in [0.29, 0.717) is 6.54 Å². The van der Waals surface area contributed by atoms with Crippen LogP contribution in [0.3, 0.4) is 0 Å². The number of hydrogen-bond acceptors (Lipinski definition) is 2. The van der Waals surface area contributed by atoms with Gasteiger partial charge in [-0.3, -0.25) is 0 Å². The van der Waals surface area contributed by atoms with Gasteiger partial charge in [-0.2, -0.15) is 0 Å². The van der Waals surface area contributed by atoms with Gasteiger partial charge in [-0.05, 0) is 36.5 Å². The molecule has 20 heavy (non-hydrogen) atoms. The first-order chi connectivity index (χ1) is 9.72. The summed E-state index contributed by atoms with van der Waals surface area (Å²) in [4.78, 5) is 0. The second-order valence-corrected chi connectivity index (χ2v) is 5.29. The Labute approximate surface area is 121 Å². The zero-order valence-corrected chi connectivity index (χ0v) is 12.0. The monoisotopic (exact) mass is 269 g/mol. The Balaban J connectivity index is 2.03. The molecule has 2 atom stereocenters. The fourth-order valence-corrected chi connectivity index (χ4v) is 2.65. The zero-order chi connectivity index (χ0) is 14.4. The van der Waals surface area contributed by atoms with Gasteiger partial charge in [-0.25, -0.2) is 0 Å². The fourth-order valence-electron chi connectivity index (χ4n) is 2.65. The molecule has 0 aliphatic carbocycles. The topological polar surface area (TPSA) is 46.2 Å². The van der Waals surface area contributed by atoms with Crippen LogP contribution in [0, 0.1) is 6.92 Å². The van der Waals surface area contributed by atoms with Gasteiger partial charge in [-0.15, -0.1) is 0 Å². The minimum absolute atomic E-state index is 0.0138. The van der Waals surface area contributed by atoms with E-state index in [-0.39, 0.29) is 5.92 Å². The maximum absolute atomic E-state index is 10.5. The summed E-state index contributed by atoms with van der Waals surface area (Å²) in [6.45, 7) is 2.54. The van der Waals surface area contributed by atoms with Crippen LogP contribution in [0.2, 0.25) is 0 Å². The molecule has 0 aromatic heterocycles. The van der Waals surface area contributed by atoms with E-state index in [1.807, 2.05) is 30.3 Å². The highest BCUT2D eigenvalue weighted by Gasteiger charge is 2.20. The Morgan fingerprint density at radius 3 is 2.30 bits per heavy atom. The highest BCUT2D eigenvalue weighted by atomic mass is 16.3. The molecule has 0 aliphatic heterocycles. The molecule has 0 bridgehead atoms. The highest BCUT2D eigenvalue weighted by Crippen LogP contribution is 2.24. The molecule has 2 nitrogen and oxygen atoms in total. The second kappa shape index (κ2) is 7.22. The minimum atomic E-state index is -0.402. The van der Waals surface area contributed by atoms with Crippen LogP contribution >= 0.6 is 0 Å². The van der Waals surface area contributed by atoms with E-state index in [1.165, 1.54) is 11.1 Å². The Bertz CT molecular complexity index is 524. The number of aliphatic hydroxyl groups excluding tert-OH is 1. The van der Waals surface area contributed by atoms with Crippen LogP contribution in [0.25, 0.3) is 0 Å². The summed E-state index contributed by atoms with van der Waals surface area (Å²) < 4.78 is 0. The molecule has 0 fully saturated rings. The third kappa shape index (κ3) is 3.69. The predicted octanol–water partition coefficient (Wildman–Crippen LogP) is 3.03. The van der Waals surface area contributed by atoms with Gasteiger partial charge in [0.05, 0.1) is 6.10 Å². The summed E-state index contributed by atoms with van der Waals surface area (Å²) in [6.07, 6.45) is 1.21. The molecular weight excluding hydrogens is 246 g/mol. The molecule has 3 N–H and O–H groups in total. The van der Waals surface area contributed by atoms with Crippen LogP contribution in [0.15, 0.2) is 54.6 Å². The highest BCUT2D eigenvalue weighted by molar-refractivity contribution is 5.30. The van der Waals surface area contributed by atoms with Crippen molar-refractivity contribution in [3.05, 3.63) is 71.3 Å². The van der Waals surface area contributed by atoms with Crippen LogP contribution in [0.1, 0.15) is 29.0 Å². The molecule has 2 unspecified atom stereocenters. The van der Waals surface area contributed by atoms with E-state index in [0.717, 1.165) is 18.4 Å². The molecule has 0 spiro atoms. The van der Waals surface area contributed by atoms with Crippen molar-refractivity contribution in [3.8, 4) is 0 Å². The van der Waals surface area contributed by atoms with Crippen molar-refractivity contribution in [3.63, 3.8) is 0 Å². The summed E-state index contributed by atoms with van der Waals surface area (Å²) >= 11 is 0. The fraction of sp³-hybridized carbons (Fsp3) is 0.333. The minimum Gasteiger partial charge on any atom is -0.392 e. The lowest BCUT2D eigenvalue weighted by Gasteiger charge is -2.23. The number of benzene rings is 2. The predicted molar refractivity (Wildman–Crippen MR) is 83.7 cm³/mol. The van der Waals surface area contributed by atoms with Crippen molar-refractivity contribution in [1.82, 2.24) is 0 Å². The first-order valence-corrected chi connectivity index (χ1v) is 7.20. The number of nitrogens with two attached hydrogens (primary N) is 1. The van der Waals surface area contributed by atoms with Gasteiger partial charge in [0.15, 0.2) is 0 Å². The van der Waals surface area contributed by atoms with Gasteiger partial charge < -0.3 is 10.8 Å². The van der Waals surface area contributed by atoms with Crippen molar-refractivity contribution in [2.75, 3.05) is 6.54 Å². The Morgan fingerprint density at radius 1 is 1.00 bits per heavy atom. The van der Waals surface area contributed by atoms with E-state index in [9.17, 15) is 5.11 Å². The number of aryl methyl sites for hydroxylation is 2. The molecule has 2 aromatic rings. The van der Waals surface area contributed by atoms with Gasteiger partial charge in [0.1, 0.15) is 0 Å². The molecule has 106 valence electrons. The molecule has 0 amide bonds. The van der Waals surface area contributed by atoms with Crippen molar-refractivity contribution < 1.29 is 5.11 Å². The third-order valence-corrected chi connectivity index (χ3v) is 3.88. The zero-order valence-electron chi connectivity index (χ0n) is 12.0. The molecular formula is C18H23NO. The molecule has 2 rings (SSSR count). The van der Waals surface area contributed by atoms with Gasteiger partial charge in [-0.1, -0.05) is 54.6 Å². The Morgan fingerprint density at radius 2 is 1.65 bits per heavy atom. The van der Waals surface area contributed by atoms with Gasteiger partial charge in [0.25, 0.3) is 0 Å². The average molecular weight is 269 g/mol. The smallest absolute Gasteiger partial charge is 0.0624 e. The SMILES string of the molecule is Cc1ccccc1C(CN)C(O)CCc1ccccc1. The Kier molecular flexibility index (Phi) is 5.33. The lowest BCUT2D eigenvalue weighted by atomic mass is 9.87.